The van der Waals surface area contributed by atoms with Gasteiger partial charge in [0.05, 0.1) is 10.5 Å². The quantitative estimate of drug-likeness (QED) is 0.611. The van der Waals surface area contributed by atoms with E-state index < -0.39 is 16.7 Å². The standard InChI is InChI=1S/C17H18N4O4/c1-20(2)15-7-6-13(21(24)25)9-14(15)17(23)19-10-11-4-3-5-12(8-11)16(18)22/h3-9H,10H2,1-2H3,(H2,18,22)(H,19,23). The second-order valence-electron chi connectivity index (χ2n) is 5.60. The molecule has 130 valence electrons. The third kappa shape index (κ3) is 4.31. The Kier molecular flexibility index (Phi) is 5.33. The fourth-order valence-corrected chi connectivity index (χ4v) is 2.32. The van der Waals surface area contributed by atoms with E-state index in [-0.39, 0.29) is 17.8 Å². The van der Waals surface area contributed by atoms with Gasteiger partial charge in [-0.05, 0) is 23.8 Å². The molecule has 0 aliphatic carbocycles. The summed E-state index contributed by atoms with van der Waals surface area (Å²) in [6, 6.07) is 10.7. The van der Waals surface area contributed by atoms with Crippen molar-refractivity contribution in [3.63, 3.8) is 0 Å². The zero-order chi connectivity index (χ0) is 18.6. The van der Waals surface area contributed by atoms with Crippen molar-refractivity contribution in [3.05, 3.63) is 69.3 Å². The lowest BCUT2D eigenvalue weighted by Crippen LogP contribution is -2.25. The van der Waals surface area contributed by atoms with Gasteiger partial charge in [-0.25, -0.2) is 0 Å². The fourth-order valence-electron chi connectivity index (χ4n) is 2.32. The first-order chi connectivity index (χ1) is 11.8. The first kappa shape index (κ1) is 17.9. The van der Waals surface area contributed by atoms with Crippen molar-refractivity contribution in [2.24, 2.45) is 5.73 Å². The number of hydrogen-bond acceptors (Lipinski definition) is 5. The largest absolute Gasteiger partial charge is 0.377 e. The molecule has 0 radical (unpaired) electrons. The second kappa shape index (κ2) is 7.43. The number of hydrogen-bond donors (Lipinski definition) is 2. The van der Waals surface area contributed by atoms with Crippen LogP contribution in [-0.4, -0.2) is 30.8 Å². The highest BCUT2D eigenvalue weighted by atomic mass is 16.6. The molecule has 3 N–H and O–H groups in total. The minimum atomic E-state index is -0.554. The number of amides is 2. The van der Waals surface area contributed by atoms with Crippen LogP contribution in [-0.2, 0) is 6.54 Å². The van der Waals surface area contributed by atoms with Crippen molar-refractivity contribution in [1.82, 2.24) is 5.32 Å². The summed E-state index contributed by atoms with van der Waals surface area (Å²) in [4.78, 5) is 35.8. The highest BCUT2D eigenvalue weighted by molar-refractivity contribution is 6.00. The van der Waals surface area contributed by atoms with Crippen molar-refractivity contribution >= 4 is 23.2 Å². The van der Waals surface area contributed by atoms with Gasteiger partial charge in [0.15, 0.2) is 0 Å². The van der Waals surface area contributed by atoms with Crippen LogP contribution < -0.4 is 16.0 Å². The SMILES string of the molecule is CN(C)c1ccc([N+](=O)[O-])cc1C(=O)NCc1cccc(C(N)=O)c1. The summed E-state index contributed by atoms with van der Waals surface area (Å²) in [6.45, 7) is 0.162. The molecule has 0 unspecified atom stereocenters. The Morgan fingerprint density at radius 1 is 1.20 bits per heavy atom. The molecule has 0 aromatic heterocycles. The predicted octanol–water partition coefficient (Wildman–Crippen LogP) is 1.69. The minimum Gasteiger partial charge on any atom is -0.377 e. The first-order valence-electron chi connectivity index (χ1n) is 7.42. The predicted molar refractivity (Wildman–Crippen MR) is 93.6 cm³/mol. The number of rotatable bonds is 6. The van der Waals surface area contributed by atoms with E-state index in [2.05, 4.69) is 5.32 Å². The number of nitrogens with two attached hydrogens (primary N) is 1. The number of anilines is 1. The number of nitrogens with zero attached hydrogens (tertiary/aromatic N) is 2. The highest BCUT2D eigenvalue weighted by Crippen LogP contribution is 2.24. The molecule has 0 bridgehead atoms. The number of benzene rings is 2. The van der Waals surface area contributed by atoms with Gasteiger partial charge in [0.1, 0.15) is 0 Å². The number of nitrogens with one attached hydrogen (secondary N) is 1. The van der Waals surface area contributed by atoms with Crippen molar-refractivity contribution in [2.45, 2.75) is 6.54 Å². The molecule has 0 aliphatic rings. The van der Waals surface area contributed by atoms with Gasteiger partial charge in [-0.15, -0.1) is 0 Å². The Bertz CT molecular complexity index is 833. The monoisotopic (exact) mass is 342 g/mol. The van der Waals surface area contributed by atoms with Crippen LogP contribution in [0.1, 0.15) is 26.3 Å². The normalized spacial score (nSPS) is 10.2. The molecule has 0 atom stereocenters. The van der Waals surface area contributed by atoms with Crippen LogP contribution in [0, 0.1) is 10.1 Å². The second-order valence-corrected chi connectivity index (χ2v) is 5.60. The van der Waals surface area contributed by atoms with Crippen molar-refractivity contribution in [1.29, 1.82) is 0 Å². The van der Waals surface area contributed by atoms with E-state index in [0.717, 1.165) is 0 Å². The topological polar surface area (TPSA) is 119 Å². The lowest BCUT2D eigenvalue weighted by atomic mass is 10.1. The number of non-ortho nitro benzene ring substituents is 1. The lowest BCUT2D eigenvalue weighted by Gasteiger charge is -2.17. The minimum absolute atomic E-state index is 0.161. The molecule has 2 aromatic carbocycles. The molecule has 0 saturated carbocycles. The first-order valence-corrected chi connectivity index (χ1v) is 7.42. The van der Waals surface area contributed by atoms with Gasteiger partial charge in [0.2, 0.25) is 5.91 Å². The summed E-state index contributed by atoms with van der Waals surface area (Å²) in [5.41, 5.74) is 6.87. The maximum atomic E-state index is 12.5. The van der Waals surface area contributed by atoms with E-state index in [4.69, 9.17) is 5.73 Å². The van der Waals surface area contributed by atoms with Gasteiger partial charge >= 0.3 is 0 Å². The summed E-state index contributed by atoms with van der Waals surface area (Å²) in [5, 5.41) is 13.7. The van der Waals surface area contributed by atoms with E-state index in [9.17, 15) is 19.7 Å². The van der Waals surface area contributed by atoms with E-state index in [1.54, 1.807) is 43.3 Å². The molecule has 2 rings (SSSR count). The van der Waals surface area contributed by atoms with Gasteiger partial charge in [-0.2, -0.15) is 0 Å². The maximum Gasteiger partial charge on any atom is 0.270 e. The molecule has 0 aliphatic heterocycles. The van der Waals surface area contributed by atoms with E-state index in [0.29, 0.717) is 16.8 Å². The number of primary amides is 1. The van der Waals surface area contributed by atoms with Gasteiger partial charge in [-0.3, -0.25) is 19.7 Å². The van der Waals surface area contributed by atoms with Crippen LogP contribution in [0.25, 0.3) is 0 Å². The van der Waals surface area contributed by atoms with E-state index in [1.165, 1.54) is 18.2 Å². The number of nitro groups is 1. The molecule has 25 heavy (non-hydrogen) atoms. The third-order valence-corrected chi connectivity index (χ3v) is 3.58. The van der Waals surface area contributed by atoms with Gasteiger partial charge in [-0.1, -0.05) is 12.1 Å². The van der Waals surface area contributed by atoms with Gasteiger partial charge < -0.3 is 16.0 Å². The lowest BCUT2D eigenvalue weighted by molar-refractivity contribution is -0.384. The summed E-state index contributed by atoms with van der Waals surface area (Å²) >= 11 is 0. The van der Waals surface area contributed by atoms with Gasteiger partial charge in [0, 0.05) is 44.0 Å². The summed E-state index contributed by atoms with van der Waals surface area (Å²) in [6.07, 6.45) is 0. The van der Waals surface area contributed by atoms with Crippen molar-refractivity contribution in [2.75, 3.05) is 19.0 Å². The Hall–Kier alpha value is -3.42. The zero-order valence-electron chi connectivity index (χ0n) is 13.9. The average molecular weight is 342 g/mol. The van der Waals surface area contributed by atoms with Crippen LogP contribution in [0.5, 0.6) is 0 Å². The van der Waals surface area contributed by atoms with Crippen LogP contribution in [0.3, 0.4) is 0 Å². The van der Waals surface area contributed by atoms with E-state index >= 15 is 0 Å². The van der Waals surface area contributed by atoms with Crippen LogP contribution >= 0.6 is 0 Å². The zero-order valence-corrected chi connectivity index (χ0v) is 13.9. The molecule has 2 amide bonds. The molecule has 8 nitrogen and oxygen atoms in total. The Morgan fingerprint density at radius 3 is 2.52 bits per heavy atom. The Labute approximate surface area is 144 Å². The summed E-state index contributed by atoms with van der Waals surface area (Å²) in [5.74, 6) is -1.00. The van der Waals surface area contributed by atoms with E-state index in [1.807, 2.05) is 0 Å². The third-order valence-electron chi connectivity index (χ3n) is 3.58. The van der Waals surface area contributed by atoms with Crippen molar-refractivity contribution < 1.29 is 14.5 Å². The average Bonchev–Trinajstić information content (AvgIpc) is 2.59. The van der Waals surface area contributed by atoms with Crippen LogP contribution in [0.2, 0.25) is 0 Å². The maximum absolute atomic E-state index is 12.5. The molecule has 2 aromatic rings. The number of carbonyl (C=O) groups excluding carboxylic acids is 2. The summed E-state index contributed by atoms with van der Waals surface area (Å²) in [7, 11) is 3.49. The summed E-state index contributed by atoms with van der Waals surface area (Å²) < 4.78 is 0. The molecule has 0 spiro atoms. The Balaban J connectivity index is 2.22. The molecule has 8 heteroatoms. The molecular formula is C17H18N4O4. The molecule has 0 heterocycles. The highest BCUT2D eigenvalue weighted by Gasteiger charge is 2.17. The fraction of sp³-hybridized carbons (Fsp3) is 0.176. The van der Waals surface area contributed by atoms with Crippen LogP contribution in [0.15, 0.2) is 42.5 Å². The molecule has 0 fully saturated rings. The van der Waals surface area contributed by atoms with Gasteiger partial charge in [0.25, 0.3) is 11.6 Å². The number of carbonyl (C=O) groups is 2. The molecular weight excluding hydrogens is 324 g/mol. The van der Waals surface area contributed by atoms with Crippen LogP contribution in [0.4, 0.5) is 11.4 Å². The van der Waals surface area contributed by atoms with Crippen molar-refractivity contribution in [3.8, 4) is 0 Å². The smallest absolute Gasteiger partial charge is 0.270 e. The number of nitro benzene ring substituents is 1. The Morgan fingerprint density at radius 2 is 1.92 bits per heavy atom. The molecule has 0 saturated heterocycles.